The number of rotatable bonds is 10. The van der Waals surface area contributed by atoms with Gasteiger partial charge in [0.1, 0.15) is 12.4 Å². The van der Waals surface area contributed by atoms with Crippen molar-refractivity contribution >= 4 is 5.69 Å². The molecule has 0 spiro atoms. The summed E-state index contributed by atoms with van der Waals surface area (Å²) < 4.78 is 16.7. The van der Waals surface area contributed by atoms with Crippen molar-refractivity contribution in [2.75, 3.05) is 51.9 Å². The lowest BCUT2D eigenvalue weighted by atomic mass is 10.2. The van der Waals surface area contributed by atoms with Crippen molar-refractivity contribution in [3.8, 4) is 17.2 Å². The van der Waals surface area contributed by atoms with Gasteiger partial charge in [0.15, 0.2) is 11.5 Å². The maximum atomic E-state index is 5.91. The fourth-order valence-corrected chi connectivity index (χ4v) is 3.62. The summed E-state index contributed by atoms with van der Waals surface area (Å²) in [6, 6.07) is 14.5. The van der Waals surface area contributed by atoms with Crippen molar-refractivity contribution < 1.29 is 14.2 Å². The molecule has 5 heteroatoms. The van der Waals surface area contributed by atoms with Crippen LogP contribution in [0.1, 0.15) is 25.3 Å². The zero-order chi connectivity index (χ0) is 19.8. The van der Waals surface area contributed by atoms with Gasteiger partial charge in [-0.05, 0) is 62.7 Å². The highest BCUT2D eigenvalue weighted by Gasteiger charge is 2.12. The molecule has 2 aromatic carbocycles. The lowest BCUT2D eigenvalue weighted by Gasteiger charge is -2.24. The zero-order valence-corrected chi connectivity index (χ0v) is 17.3. The number of ether oxygens (including phenoxy) is 3. The first kappa shape index (κ1) is 20.3. The summed E-state index contributed by atoms with van der Waals surface area (Å²) >= 11 is 0. The van der Waals surface area contributed by atoms with Crippen molar-refractivity contribution in [1.82, 2.24) is 4.90 Å². The molecule has 1 aliphatic rings. The Morgan fingerprint density at radius 3 is 2.29 bits per heavy atom. The van der Waals surface area contributed by atoms with Crippen LogP contribution >= 0.6 is 0 Å². The van der Waals surface area contributed by atoms with Crippen molar-refractivity contribution in [1.29, 1.82) is 0 Å². The molecule has 1 aliphatic heterocycles. The molecule has 152 valence electrons. The third kappa shape index (κ3) is 5.32. The molecule has 3 rings (SSSR count). The number of anilines is 1. The first-order valence-corrected chi connectivity index (χ1v) is 10.1. The Labute approximate surface area is 168 Å². The van der Waals surface area contributed by atoms with Gasteiger partial charge in [-0.2, -0.15) is 0 Å². The average molecular weight is 385 g/mol. The van der Waals surface area contributed by atoms with Gasteiger partial charge in [0.25, 0.3) is 0 Å². The molecule has 1 saturated heterocycles. The van der Waals surface area contributed by atoms with E-state index in [-0.39, 0.29) is 0 Å². The van der Waals surface area contributed by atoms with Crippen LogP contribution in [-0.2, 0) is 6.54 Å². The van der Waals surface area contributed by atoms with Crippen LogP contribution in [0.4, 0.5) is 5.69 Å². The quantitative estimate of drug-likeness (QED) is 0.613. The Morgan fingerprint density at radius 2 is 1.64 bits per heavy atom. The van der Waals surface area contributed by atoms with Gasteiger partial charge in [-0.1, -0.05) is 12.1 Å². The molecule has 1 fully saturated rings. The summed E-state index contributed by atoms with van der Waals surface area (Å²) in [5.41, 5.74) is 2.37. The first-order valence-electron chi connectivity index (χ1n) is 10.1. The molecule has 0 aliphatic carbocycles. The standard InChI is InChI=1S/C23H32N2O3/c1-4-25(20-9-12-22(26-2)23(17-20)27-3)18-19-7-10-21(11-8-19)28-16-15-24-13-5-6-14-24/h7-12,17H,4-6,13-16,18H2,1-3H3. The number of nitrogens with zero attached hydrogens (tertiary/aromatic N) is 2. The Kier molecular flexibility index (Phi) is 7.43. The Morgan fingerprint density at radius 1 is 0.929 bits per heavy atom. The Balaban J connectivity index is 1.57. The van der Waals surface area contributed by atoms with E-state index in [4.69, 9.17) is 14.2 Å². The maximum Gasteiger partial charge on any atom is 0.162 e. The highest BCUT2D eigenvalue weighted by Crippen LogP contribution is 2.32. The van der Waals surface area contributed by atoms with Gasteiger partial charge in [-0.3, -0.25) is 4.90 Å². The first-order chi connectivity index (χ1) is 13.7. The molecule has 1 heterocycles. The van der Waals surface area contributed by atoms with E-state index in [2.05, 4.69) is 47.1 Å². The van der Waals surface area contributed by atoms with E-state index in [1.807, 2.05) is 12.1 Å². The van der Waals surface area contributed by atoms with Gasteiger partial charge in [-0.25, -0.2) is 0 Å². The molecule has 2 aromatic rings. The molecule has 0 unspecified atom stereocenters. The summed E-state index contributed by atoms with van der Waals surface area (Å²) in [6.07, 6.45) is 2.64. The van der Waals surface area contributed by atoms with Gasteiger partial charge in [-0.15, -0.1) is 0 Å². The second-order valence-corrected chi connectivity index (χ2v) is 7.09. The number of methoxy groups -OCH3 is 2. The summed E-state index contributed by atoms with van der Waals surface area (Å²) in [5, 5.41) is 0. The minimum Gasteiger partial charge on any atom is -0.493 e. The Bertz CT molecular complexity index is 727. The maximum absolute atomic E-state index is 5.91. The second kappa shape index (κ2) is 10.2. The van der Waals surface area contributed by atoms with Crippen LogP contribution in [0.5, 0.6) is 17.2 Å². The molecule has 0 bridgehead atoms. The van der Waals surface area contributed by atoms with Crippen LogP contribution in [0.3, 0.4) is 0 Å². The predicted octanol–water partition coefficient (Wildman–Crippen LogP) is 4.20. The molecule has 0 aromatic heterocycles. The molecule has 0 radical (unpaired) electrons. The lowest BCUT2D eigenvalue weighted by molar-refractivity contribution is 0.238. The van der Waals surface area contributed by atoms with Crippen LogP contribution in [-0.4, -0.2) is 51.9 Å². The third-order valence-corrected chi connectivity index (χ3v) is 5.29. The van der Waals surface area contributed by atoms with Crippen molar-refractivity contribution in [3.63, 3.8) is 0 Å². The minimum atomic E-state index is 0.748. The smallest absolute Gasteiger partial charge is 0.162 e. The summed E-state index contributed by atoms with van der Waals surface area (Å²) in [6.45, 7) is 8.10. The molecule has 0 atom stereocenters. The van der Waals surface area contributed by atoms with Gasteiger partial charge in [0.05, 0.1) is 14.2 Å². The summed E-state index contributed by atoms with van der Waals surface area (Å²) in [4.78, 5) is 4.78. The SMILES string of the molecule is CCN(Cc1ccc(OCCN2CCCC2)cc1)c1ccc(OC)c(OC)c1. The highest BCUT2D eigenvalue weighted by molar-refractivity contribution is 5.56. The topological polar surface area (TPSA) is 34.2 Å². The van der Waals surface area contributed by atoms with Crippen molar-refractivity contribution in [3.05, 3.63) is 48.0 Å². The van der Waals surface area contributed by atoms with Crippen molar-refractivity contribution in [2.24, 2.45) is 0 Å². The van der Waals surface area contributed by atoms with Crippen molar-refractivity contribution in [2.45, 2.75) is 26.3 Å². The van der Waals surface area contributed by atoms with Crippen LogP contribution in [0.25, 0.3) is 0 Å². The molecular weight excluding hydrogens is 352 g/mol. The number of benzene rings is 2. The largest absolute Gasteiger partial charge is 0.493 e. The van der Waals surface area contributed by atoms with Crippen LogP contribution in [0, 0.1) is 0 Å². The Hall–Kier alpha value is -2.40. The van der Waals surface area contributed by atoms with Gasteiger partial charge in [0, 0.05) is 31.4 Å². The van der Waals surface area contributed by atoms with Gasteiger partial charge < -0.3 is 19.1 Å². The molecule has 28 heavy (non-hydrogen) atoms. The zero-order valence-electron chi connectivity index (χ0n) is 17.3. The average Bonchev–Trinajstić information content (AvgIpc) is 3.26. The molecule has 0 saturated carbocycles. The summed E-state index contributed by atoms with van der Waals surface area (Å²) in [7, 11) is 3.32. The van der Waals surface area contributed by atoms with E-state index in [1.165, 1.54) is 31.5 Å². The predicted molar refractivity (Wildman–Crippen MR) is 114 cm³/mol. The third-order valence-electron chi connectivity index (χ3n) is 5.29. The molecule has 5 nitrogen and oxygen atoms in total. The number of likely N-dealkylation sites (tertiary alicyclic amines) is 1. The van der Waals surface area contributed by atoms with E-state index >= 15 is 0 Å². The summed E-state index contributed by atoms with van der Waals surface area (Å²) in [5.74, 6) is 2.44. The van der Waals surface area contributed by atoms with Crippen LogP contribution < -0.4 is 19.1 Å². The van der Waals surface area contributed by atoms with Crippen LogP contribution in [0.15, 0.2) is 42.5 Å². The highest BCUT2D eigenvalue weighted by atomic mass is 16.5. The minimum absolute atomic E-state index is 0.748. The molecular formula is C23H32N2O3. The van der Waals surface area contributed by atoms with Gasteiger partial charge in [0.2, 0.25) is 0 Å². The molecule has 0 N–H and O–H groups in total. The monoisotopic (exact) mass is 384 g/mol. The van der Waals surface area contributed by atoms with E-state index in [9.17, 15) is 0 Å². The molecule has 0 amide bonds. The fraction of sp³-hybridized carbons (Fsp3) is 0.478. The van der Waals surface area contributed by atoms with E-state index in [0.29, 0.717) is 0 Å². The number of hydrogen-bond acceptors (Lipinski definition) is 5. The van der Waals surface area contributed by atoms with Gasteiger partial charge >= 0.3 is 0 Å². The lowest BCUT2D eigenvalue weighted by Crippen LogP contribution is -2.25. The second-order valence-electron chi connectivity index (χ2n) is 7.09. The van der Waals surface area contributed by atoms with E-state index in [0.717, 1.165) is 49.2 Å². The normalized spacial score (nSPS) is 14.1. The van der Waals surface area contributed by atoms with E-state index < -0.39 is 0 Å². The van der Waals surface area contributed by atoms with Crippen LogP contribution in [0.2, 0.25) is 0 Å². The fourth-order valence-electron chi connectivity index (χ4n) is 3.62. The number of hydrogen-bond donors (Lipinski definition) is 0. The van der Waals surface area contributed by atoms with E-state index in [1.54, 1.807) is 14.2 Å².